The number of nitrogens with zero attached hydrogens (tertiary/aromatic N) is 2. The first kappa shape index (κ1) is 25.4. The normalized spacial score (nSPS) is 14.3. The number of carbonyl (C=O) groups excluding carboxylic acids is 3. The Bertz CT molecular complexity index is 1210. The summed E-state index contributed by atoms with van der Waals surface area (Å²) in [6, 6.07) is 12.1. The lowest BCUT2D eigenvalue weighted by Crippen LogP contribution is -2.36. The van der Waals surface area contributed by atoms with Gasteiger partial charge in [0, 0.05) is 19.2 Å². The Hall–Kier alpha value is -4.23. The van der Waals surface area contributed by atoms with Crippen molar-refractivity contribution in [1.29, 1.82) is 5.26 Å². The molecule has 10 heteroatoms. The number of hydrogen-bond donors (Lipinski definition) is 1. The molecule has 1 aliphatic heterocycles. The second-order valence-electron chi connectivity index (χ2n) is 7.15. The van der Waals surface area contributed by atoms with Gasteiger partial charge in [-0.05, 0) is 59.3 Å². The third-order valence-corrected chi connectivity index (χ3v) is 5.87. The van der Waals surface area contributed by atoms with Crippen LogP contribution in [-0.2, 0) is 9.59 Å². The van der Waals surface area contributed by atoms with E-state index >= 15 is 0 Å². The Labute approximate surface area is 206 Å². The Morgan fingerprint density at radius 2 is 1.71 bits per heavy atom. The second-order valence-corrected chi connectivity index (χ2v) is 8.14. The number of hydrogen-bond acceptors (Lipinski definition) is 8. The third-order valence-electron chi connectivity index (χ3n) is 4.96. The maximum atomic E-state index is 12.8. The highest BCUT2D eigenvalue weighted by molar-refractivity contribution is 8.18. The van der Waals surface area contributed by atoms with Gasteiger partial charge in [-0.2, -0.15) is 5.26 Å². The second kappa shape index (κ2) is 11.8. The summed E-state index contributed by atoms with van der Waals surface area (Å²) < 4.78 is 15.9. The third kappa shape index (κ3) is 6.22. The molecule has 0 radical (unpaired) electrons. The van der Waals surface area contributed by atoms with Crippen molar-refractivity contribution in [2.45, 2.75) is 0 Å². The molecule has 0 spiro atoms. The minimum absolute atomic E-state index is 0.0354. The van der Waals surface area contributed by atoms with E-state index in [9.17, 15) is 14.4 Å². The minimum Gasteiger partial charge on any atom is -0.493 e. The first-order valence-corrected chi connectivity index (χ1v) is 11.2. The van der Waals surface area contributed by atoms with Gasteiger partial charge in [-0.25, -0.2) is 0 Å². The van der Waals surface area contributed by atoms with E-state index in [4.69, 9.17) is 19.5 Å². The monoisotopic (exact) mass is 493 g/mol. The topological polar surface area (TPSA) is 118 Å². The fourth-order valence-electron chi connectivity index (χ4n) is 3.22. The van der Waals surface area contributed by atoms with Crippen LogP contribution in [0.3, 0.4) is 0 Å². The summed E-state index contributed by atoms with van der Waals surface area (Å²) in [5, 5.41) is 11.1. The quantitative estimate of drug-likeness (QED) is 0.528. The zero-order valence-electron chi connectivity index (χ0n) is 19.4. The van der Waals surface area contributed by atoms with E-state index in [1.807, 2.05) is 6.07 Å². The number of methoxy groups -OCH3 is 3. The van der Waals surface area contributed by atoms with Crippen LogP contribution in [0.2, 0.25) is 0 Å². The summed E-state index contributed by atoms with van der Waals surface area (Å²) >= 11 is 0.819. The predicted molar refractivity (Wildman–Crippen MR) is 132 cm³/mol. The smallest absolute Gasteiger partial charge is 0.293 e. The van der Waals surface area contributed by atoms with Gasteiger partial charge in [-0.1, -0.05) is 12.1 Å². The van der Waals surface area contributed by atoms with Gasteiger partial charge in [0.25, 0.3) is 11.1 Å². The maximum absolute atomic E-state index is 12.8. The number of benzene rings is 2. The fraction of sp³-hybridized carbons (Fsp3) is 0.200. The van der Waals surface area contributed by atoms with E-state index in [-0.39, 0.29) is 23.9 Å². The highest BCUT2D eigenvalue weighted by Gasteiger charge is 2.34. The van der Waals surface area contributed by atoms with Gasteiger partial charge < -0.3 is 19.5 Å². The van der Waals surface area contributed by atoms with Crippen molar-refractivity contribution in [1.82, 2.24) is 10.2 Å². The molecule has 0 saturated carbocycles. The maximum Gasteiger partial charge on any atom is 0.293 e. The molecule has 35 heavy (non-hydrogen) atoms. The van der Waals surface area contributed by atoms with Gasteiger partial charge in [0.2, 0.25) is 11.7 Å². The van der Waals surface area contributed by atoms with Crippen LogP contribution in [0.15, 0.2) is 47.4 Å². The molecule has 1 aliphatic rings. The van der Waals surface area contributed by atoms with Crippen molar-refractivity contribution in [2.75, 3.05) is 34.4 Å². The van der Waals surface area contributed by atoms with Gasteiger partial charge >= 0.3 is 0 Å². The van der Waals surface area contributed by atoms with Crippen LogP contribution in [-0.4, -0.2) is 56.4 Å². The summed E-state index contributed by atoms with van der Waals surface area (Å²) in [6.07, 6.45) is 4.53. The standard InChI is InChI=1S/C25H23N3O6S/c1-32-19-12-18(13-20(33-2)23(19)34-3)14-21-24(30)28(25(31)35-21)11-10-27-22(29)9-8-16-4-6-17(15-26)7-5-16/h4-9,12-14H,10-11H2,1-3H3,(H,27,29)/b9-8+,21-14-. The molecule has 180 valence electrons. The predicted octanol–water partition coefficient (Wildman–Crippen LogP) is 3.45. The summed E-state index contributed by atoms with van der Waals surface area (Å²) in [4.78, 5) is 38.5. The molecular weight excluding hydrogens is 470 g/mol. The van der Waals surface area contributed by atoms with Crippen molar-refractivity contribution in [3.63, 3.8) is 0 Å². The van der Waals surface area contributed by atoms with Crippen LogP contribution >= 0.6 is 11.8 Å². The Morgan fingerprint density at radius 1 is 1.06 bits per heavy atom. The number of amides is 3. The highest BCUT2D eigenvalue weighted by Crippen LogP contribution is 2.40. The van der Waals surface area contributed by atoms with Gasteiger partial charge in [-0.15, -0.1) is 0 Å². The molecule has 0 bridgehead atoms. The van der Waals surface area contributed by atoms with Crippen LogP contribution in [0.4, 0.5) is 4.79 Å². The van der Waals surface area contributed by atoms with Crippen molar-refractivity contribution >= 4 is 41.0 Å². The van der Waals surface area contributed by atoms with Crippen molar-refractivity contribution in [2.24, 2.45) is 0 Å². The molecule has 1 N–H and O–H groups in total. The first-order valence-electron chi connectivity index (χ1n) is 10.4. The number of rotatable bonds is 9. The summed E-state index contributed by atoms with van der Waals surface area (Å²) in [6.45, 7) is 0.139. The molecule has 0 aromatic heterocycles. The number of nitrogens with one attached hydrogen (secondary N) is 1. The lowest BCUT2D eigenvalue weighted by atomic mass is 10.1. The van der Waals surface area contributed by atoms with Crippen molar-refractivity contribution in [3.8, 4) is 23.3 Å². The van der Waals surface area contributed by atoms with Gasteiger partial charge in [0.1, 0.15) is 0 Å². The summed E-state index contributed by atoms with van der Waals surface area (Å²) in [5.41, 5.74) is 1.90. The zero-order chi connectivity index (χ0) is 25.4. The number of nitriles is 1. The van der Waals surface area contributed by atoms with E-state index in [2.05, 4.69) is 5.32 Å². The van der Waals surface area contributed by atoms with Crippen LogP contribution in [0.25, 0.3) is 12.2 Å². The fourth-order valence-corrected chi connectivity index (χ4v) is 4.08. The molecule has 0 atom stereocenters. The minimum atomic E-state index is -0.448. The number of ether oxygens (including phenoxy) is 3. The van der Waals surface area contributed by atoms with Crippen LogP contribution in [0.5, 0.6) is 17.2 Å². The molecule has 3 amide bonds. The Morgan fingerprint density at radius 3 is 2.29 bits per heavy atom. The van der Waals surface area contributed by atoms with Crippen molar-refractivity contribution < 1.29 is 28.6 Å². The molecule has 0 aliphatic carbocycles. The van der Waals surface area contributed by atoms with Crippen molar-refractivity contribution in [3.05, 3.63) is 64.1 Å². The molecular formula is C25H23N3O6S. The first-order chi connectivity index (χ1) is 16.9. The number of carbonyl (C=O) groups is 3. The molecule has 2 aromatic carbocycles. The Balaban J connectivity index is 1.61. The molecule has 9 nitrogen and oxygen atoms in total. The lowest BCUT2D eigenvalue weighted by Gasteiger charge is -2.13. The molecule has 1 saturated heterocycles. The molecule has 1 heterocycles. The van der Waals surface area contributed by atoms with Crippen LogP contribution < -0.4 is 19.5 Å². The van der Waals surface area contributed by atoms with Gasteiger partial charge in [-0.3, -0.25) is 19.3 Å². The van der Waals surface area contributed by atoms with E-state index in [0.717, 1.165) is 22.2 Å². The molecule has 0 unspecified atom stereocenters. The summed E-state index contributed by atoms with van der Waals surface area (Å²) in [5.74, 6) is 0.456. The molecule has 2 aromatic rings. The van der Waals surface area contributed by atoms with E-state index < -0.39 is 11.1 Å². The number of imide groups is 1. The lowest BCUT2D eigenvalue weighted by molar-refractivity contribution is -0.123. The van der Waals surface area contributed by atoms with Gasteiger partial charge in [0.05, 0.1) is 37.9 Å². The Kier molecular flexibility index (Phi) is 8.53. The van der Waals surface area contributed by atoms with Crippen LogP contribution in [0.1, 0.15) is 16.7 Å². The molecule has 1 fully saturated rings. The van der Waals surface area contributed by atoms with E-state index in [1.54, 1.807) is 48.6 Å². The highest BCUT2D eigenvalue weighted by atomic mass is 32.2. The number of thioether (sulfide) groups is 1. The van der Waals surface area contributed by atoms with Gasteiger partial charge in [0.15, 0.2) is 11.5 Å². The zero-order valence-corrected chi connectivity index (χ0v) is 20.2. The van der Waals surface area contributed by atoms with E-state index in [1.165, 1.54) is 27.4 Å². The SMILES string of the molecule is COc1cc(/C=C2\SC(=O)N(CCNC(=O)/C=C/c3ccc(C#N)cc3)C2=O)cc(OC)c1OC. The van der Waals surface area contributed by atoms with Crippen LogP contribution in [0, 0.1) is 11.3 Å². The largest absolute Gasteiger partial charge is 0.493 e. The molecule has 3 rings (SSSR count). The summed E-state index contributed by atoms with van der Waals surface area (Å²) in [7, 11) is 4.47. The average molecular weight is 494 g/mol. The average Bonchev–Trinajstić information content (AvgIpc) is 3.14. The van der Waals surface area contributed by atoms with E-state index in [0.29, 0.717) is 28.4 Å².